The Bertz CT molecular complexity index is 2570. The van der Waals surface area contributed by atoms with Crippen LogP contribution >= 0.6 is 0 Å². The fourth-order valence-corrected chi connectivity index (χ4v) is 18.3. The zero-order valence-electron chi connectivity index (χ0n) is 38.4. The van der Waals surface area contributed by atoms with Crippen LogP contribution < -0.4 is 14.8 Å². The van der Waals surface area contributed by atoms with Gasteiger partial charge in [0.1, 0.15) is 43.4 Å². The third kappa shape index (κ3) is 6.66. The zero-order valence-corrected chi connectivity index (χ0v) is 39.4. The van der Waals surface area contributed by atoms with Crippen LogP contribution in [0.3, 0.4) is 0 Å². The van der Waals surface area contributed by atoms with Gasteiger partial charge in [-0.05, 0) is 106 Å². The average Bonchev–Trinajstić information content (AvgIpc) is 3.66. The molecular formula is C50H62F2N6O4Si. The topological polar surface area (TPSA) is 102 Å². The van der Waals surface area contributed by atoms with Crippen molar-refractivity contribution >= 4 is 35.8 Å². The monoisotopic (exact) mass is 876 g/mol. The highest BCUT2D eigenvalue weighted by Crippen LogP contribution is 2.59. The number of piperidine rings is 1. The smallest absolute Gasteiger partial charge is 0.411 e. The Labute approximate surface area is 371 Å². The Kier molecular flexibility index (Phi) is 10.2. The molecule has 2 aromatic carbocycles. The number of nitrogens with one attached hydrogen (secondary N) is 1. The van der Waals surface area contributed by atoms with Crippen LogP contribution in [0, 0.1) is 40.9 Å². The summed E-state index contributed by atoms with van der Waals surface area (Å²) in [5, 5.41) is 5.34. The molecule has 13 heteroatoms. The molecule has 10 nitrogen and oxygen atoms in total. The summed E-state index contributed by atoms with van der Waals surface area (Å²) in [6.07, 6.45) is 3.64. The predicted octanol–water partition coefficient (Wildman–Crippen LogP) is 10.3. The fourth-order valence-electron chi connectivity index (χ4n) is 13.1. The lowest BCUT2D eigenvalue weighted by Gasteiger charge is -2.46. The van der Waals surface area contributed by atoms with E-state index in [2.05, 4.69) is 63.2 Å². The van der Waals surface area contributed by atoms with Crippen molar-refractivity contribution in [1.82, 2.24) is 30.1 Å². The number of hydrogen-bond donors (Lipinski definition) is 1. The maximum Gasteiger partial charge on any atom is 0.411 e. The van der Waals surface area contributed by atoms with Gasteiger partial charge in [-0.3, -0.25) is 15.1 Å². The fraction of sp³-hybridized carbons (Fsp3) is 0.600. The van der Waals surface area contributed by atoms with E-state index in [9.17, 15) is 4.79 Å². The number of halogens is 2. The minimum Gasteiger partial charge on any atom is -0.474 e. The minimum absolute atomic E-state index is 0.00783. The van der Waals surface area contributed by atoms with Gasteiger partial charge in [0.25, 0.3) is 0 Å². The zero-order chi connectivity index (χ0) is 44.5. The van der Waals surface area contributed by atoms with Crippen LogP contribution in [0.4, 0.5) is 13.6 Å². The molecule has 0 spiro atoms. The van der Waals surface area contributed by atoms with Crippen molar-refractivity contribution < 1.29 is 27.8 Å². The first-order valence-corrected chi connectivity index (χ1v) is 25.6. The number of aromatic nitrogens is 3. The molecule has 7 heterocycles. The maximum atomic E-state index is 18.0. The summed E-state index contributed by atoms with van der Waals surface area (Å²) in [5.41, 5.74) is 5.20. The molecule has 6 aliphatic rings. The van der Waals surface area contributed by atoms with E-state index < -0.39 is 37.5 Å². The number of benzene rings is 2. The quantitative estimate of drug-likeness (QED) is 0.144. The summed E-state index contributed by atoms with van der Waals surface area (Å²) in [7, 11) is -2.28. The van der Waals surface area contributed by atoms with Crippen LogP contribution in [0.1, 0.15) is 119 Å². The van der Waals surface area contributed by atoms with Gasteiger partial charge >= 0.3 is 12.1 Å². The number of amides is 1. The summed E-state index contributed by atoms with van der Waals surface area (Å²) in [6.45, 7) is 23.6. The van der Waals surface area contributed by atoms with Crippen LogP contribution in [0.5, 0.6) is 11.9 Å². The van der Waals surface area contributed by atoms with Crippen molar-refractivity contribution in [3.05, 3.63) is 53.2 Å². The number of hydrogen-bond acceptors (Lipinski definition) is 9. The number of rotatable bonds is 7. The van der Waals surface area contributed by atoms with Crippen LogP contribution in [0.2, 0.25) is 16.6 Å². The SMILES string of the molecule is CC(C)[Si](C#Cc1c(F)ccc2cccc(-c3nc4c5c(nc(OCC67CCCN6C[C@@H]6C[C@@H]67)nc5c3F)C3N[C@H]5CC[C@@H]([C@H]3[C@H](C)O4)N5C(=O)OC(C)(C)C)c12)(C(C)C)C(C)C. The Morgan fingerprint density at radius 2 is 1.79 bits per heavy atom. The van der Waals surface area contributed by atoms with Gasteiger partial charge in [-0.1, -0.05) is 71.7 Å². The molecule has 0 radical (unpaired) electrons. The molecule has 1 saturated carbocycles. The summed E-state index contributed by atoms with van der Waals surface area (Å²) < 4.78 is 53.9. The number of carbonyl (C=O) groups is 1. The molecule has 4 saturated heterocycles. The Balaban J connectivity index is 1.15. The minimum atomic E-state index is -2.28. The highest BCUT2D eigenvalue weighted by atomic mass is 28.3. The van der Waals surface area contributed by atoms with Gasteiger partial charge < -0.3 is 14.2 Å². The highest BCUT2D eigenvalue weighted by Gasteiger charge is 2.64. The molecule has 1 amide bonds. The Morgan fingerprint density at radius 3 is 2.52 bits per heavy atom. The van der Waals surface area contributed by atoms with Crippen molar-refractivity contribution in [2.75, 3.05) is 19.7 Å². The number of fused-ring (bicyclic) bond motifs is 9. The van der Waals surface area contributed by atoms with E-state index in [0.717, 1.165) is 44.2 Å². The van der Waals surface area contributed by atoms with E-state index in [1.54, 1.807) is 12.1 Å². The number of pyridine rings is 1. The molecule has 2 bridgehead atoms. The molecule has 2 unspecified atom stereocenters. The molecule has 5 fully saturated rings. The maximum absolute atomic E-state index is 18.0. The molecule has 5 aliphatic heterocycles. The van der Waals surface area contributed by atoms with Gasteiger partial charge in [0.15, 0.2) is 5.82 Å². The predicted molar refractivity (Wildman–Crippen MR) is 243 cm³/mol. The average molecular weight is 877 g/mol. The molecule has 1 N–H and O–H groups in total. The molecule has 8 atom stereocenters. The number of ether oxygens (including phenoxy) is 3. The lowest BCUT2D eigenvalue weighted by molar-refractivity contribution is -0.0313. The molecule has 2 aromatic heterocycles. The van der Waals surface area contributed by atoms with Crippen LogP contribution in [0.15, 0.2) is 30.3 Å². The standard InChI is InChI=1S/C50H62F2N6O4Si/c1-26(2)63(27(3)4,28(5)6)22-19-32-35(51)16-15-30-13-11-14-33(39(30)32)42-41(52)43-40-45(56-47(55-43)60-25-50-20-12-21-57(50)24-31-23-34(31)50)44-38(29(7)61-46(40)54-42)36-17-18-37(53-44)58(36)48(59)62-49(8,9)10/h11,13-16,26-29,31,34,36-38,44,53H,12,17-18,20-21,23-25H2,1-10H3/t29-,31-,34-,36-,37+,38+,44?,50?/m0/s1. The van der Waals surface area contributed by atoms with Gasteiger partial charge in [-0.2, -0.15) is 9.97 Å². The lowest BCUT2D eigenvalue weighted by Crippen LogP contribution is -2.61. The van der Waals surface area contributed by atoms with E-state index in [1.165, 1.54) is 12.5 Å². The summed E-state index contributed by atoms with van der Waals surface area (Å²) in [5.74, 6) is 3.45. The van der Waals surface area contributed by atoms with E-state index >= 15 is 8.78 Å². The molecule has 4 aromatic rings. The van der Waals surface area contributed by atoms with Crippen molar-refractivity contribution in [3.8, 4) is 34.6 Å². The normalized spacial score (nSPS) is 28.5. The molecule has 63 heavy (non-hydrogen) atoms. The summed E-state index contributed by atoms with van der Waals surface area (Å²) >= 11 is 0. The molecule has 1 aliphatic carbocycles. The summed E-state index contributed by atoms with van der Waals surface area (Å²) in [6, 6.07) is 8.14. The second kappa shape index (κ2) is 15.1. The molecule has 10 rings (SSSR count). The van der Waals surface area contributed by atoms with Crippen molar-refractivity contribution in [1.29, 1.82) is 0 Å². The Morgan fingerprint density at radius 1 is 1.03 bits per heavy atom. The second-order valence-electron chi connectivity index (χ2n) is 21.3. The molecule has 334 valence electrons. The van der Waals surface area contributed by atoms with Crippen LogP contribution in [0.25, 0.3) is 32.9 Å². The first kappa shape index (κ1) is 42.6. The van der Waals surface area contributed by atoms with Gasteiger partial charge in [0, 0.05) is 29.5 Å². The van der Waals surface area contributed by atoms with Crippen LogP contribution in [-0.4, -0.2) is 88.1 Å². The van der Waals surface area contributed by atoms with Gasteiger partial charge in [0.2, 0.25) is 5.88 Å². The number of carbonyl (C=O) groups excluding carboxylic acids is 1. The van der Waals surface area contributed by atoms with Crippen molar-refractivity contribution in [3.63, 3.8) is 0 Å². The third-order valence-electron chi connectivity index (χ3n) is 15.8. The summed E-state index contributed by atoms with van der Waals surface area (Å²) in [4.78, 5) is 33.3. The first-order valence-electron chi connectivity index (χ1n) is 23.4. The van der Waals surface area contributed by atoms with E-state index in [0.29, 0.717) is 57.1 Å². The third-order valence-corrected chi connectivity index (χ3v) is 22.1. The Hall–Kier alpha value is -4.38. The first-order chi connectivity index (χ1) is 29.9. The molecular weight excluding hydrogens is 815 g/mol. The largest absolute Gasteiger partial charge is 0.474 e. The van der Waals surface area contributed by atoms with E-state index in [1.807, 2.05) is 44.7 Å². The van der Waals surface area contributed by atoms with Crippen molar-refractivity contribution in [2.45, 2.75) is 153 Å². The van der Waals surface area contributed by atoms with E-state index in [4.69, 9.17) is 29.2 Å². The second-order valence-corrected chi connectivity index (χ2v) is 26.9. The van der Waals surface area contributed by atoms with Crippen molar-refractivity contribution in [2.24, 2.45) is 17.8 Å². The van der Waals surface area contributed by atoms with Gasteiger partial charge in [-0.25, -0.2) is 18.6 Å². The van der Waals surface area contributed by atoms with E-state index in [-0.39, 0.29) is 58.4 Å². The van der Waals surface area contributed by atoms with Gasteiger partial charge in [0.05, 0.1) is 34.4 Å². The number of nitrogens with zero attached hydrogens (tertiary/aromatic N) is 5. The highest BCUT2D eigenvalue weighted by molar-refractivity contribution is 6.90. The van der Waals surface area contributed by atoms with Crippen LogP contribution in [-0.2, 0) is 4.74 Å². The van der Waals surface area contributed by atoms with Gasteiger partial charge in [-0.15, -0.1) is 5.54 Å². The lowest BCUT2D eigenvalue weighted by atomic mass is 9.83.